The molecule has 2 aliphatic carbocycles. The first-order valence-electron chi connectivity index (χ1n) is 11.1. The van der Waals surface area contributed by atoms with Crippen LogP contribution in [0, 0.1) is 33.5 Å². The van der Waals surface area contributed by atoms with Gasteiger partial charge in [0.2, 0.25) is 0 Å². The summed E-state index contributed by atoms with van der Waals surface area (Å²) in [6.07, 6.45) is 7.00. The van der Waals surface area contributed by atoms with Gasteiger partial charge in [-0.2, -0.15) is 0 Å². The van der Waals surface area contributed by atoms with Gasteiger partial charge in [0.05, 0.1) is 33.6 Å². The van der Waals surface area contributed by atoms with Crippen molar-refractivity contribution in [3.8, 4) is 0 Å². The molecule has 3 fully saturated rings. The van der Waals surface area contributed by atoms with Crippen LogP contribution in [-0.4, -0.2) is 52.6 Å². The summed E-state index contributed by atoms with van der Waals surface area (Å²) in [4.78, 5) is 0. The van der Waals surface area contributed by atoms with Crippen LogP contribution in [-0.2, 0) is 18.1 Å². The Balaban J connectivity index is 2.02. The zero-order valence-electron chi connectivity index (χ0n) is 20.4. The van der Waals surface area contributed by atoms with E-state index in [4.69, 9.17) is 18.1 Å². The third-order valence-corrected chi connectivity index (χ3v) is 11.1. The van der Waals surface area contributed by atoms with Crippen molar-refractivity contribution in [1.29, 1.82) is 0 Å². The van der Waals surface area contributed by atoms with Crippen molar-refractivity contribution in [2.24, 2.45) is 33.5 Å². The maximum absolute atomic E-state index is 6.96. The minimum Gasteiger partial charge on any atom is -0.337 e. The van der Waals surface area contributed by atoms with Gasteiger partial charge >= 0.3 is 0 Å². The molecule has 7 heteroatoms. The van der Waals surface area contributed by atoms with Gasteiger partial charge in [-0.15, -0.1) is 0 Å². The van der Waals surface area contributed by atoms with Gasteiger partial charge in [-0.3, -0.25) is 9.05 Å². The quantitative estimate of drug-likeness (QED) is 0.348. The zero-order chi connectivity index (χ0) is 23.0. The van der Waals surface area contributed by atoms with Gasteiger partial charge in [0, 0.05) is 17.5 Å². The molecule has 4 nitrogen and oxygen atoms in total. The SMILES string of the molecule is [BH3-][P+]1(C)OC[C@@]2(C)C[C@@H](C)C(C)(C)[C@@H]2OP(=C)(C)OC[C@@]2(C)C[C@@H](C)[C@H](O1)C2(C)C. The molecule has 1 aliphatic heterocycles. The molecule has 0 aromatic heterocycles. The Morgan fingerprint density at radius 2 is 1.63 bits per heavy atom. The Morgan fingerprint density at radius 3 is 2.23 bits per heavy atom. The molecule has 8 atom stereocenters. The summed E-state index contributed by atoms with van der Waals surface area (Å²) in [7, 11) is -4.03. The van der Waals surface area contributed by atoms with Crippen LogP contribution in [0.5, 0.6) is 0 Å². The Kier molecular flexibility index (Phi) is 6.38. The van der Waals surface area contributed by atoms with Gasteiger partial charge in [0.25, 0.3) is 0 Å². The van der Waals surface area contributed by atoms with Crippen molar-refractivity contribution < 1.29 is 18.1 Å². The summed E-state index contributed by atoms with van der Waals surface area (Å²) < 4.78 is 27.2. The monoisotopic (exact) mass is 460 g/mol. The number of hydrogen-bond donors (Lipinski definition) is 0. The van der Waals surface area contributed by atoms with Crippen molar-refractivity contribution in [1.82, 2.24) is 0 Å². The highest BCUT2D eigenvalue weighted by Gasteiger charge is 2.60. The second-order valence-corrected chi connectivity index (χ2v) is 15.9. The molecule has 2 saturated carbocycles. The first kappa shape index (κ1) is 25.3. The van der Waals surface area contributed by atoms with Gasteiger partial charge in [-0.05, 0) is 35.5 Å². The van der Waals surface area contributed by atoms with Crippen LogP contribution >= 0.6 is 14.9 Å². The lowest BCUT2D eigenvalue weighted by molar-refractivity contribution is -0.0145. The molecule has 3 aliphatic rings. The molecule has 1 heterocycles. The minimum absolute atomic E-state index is 0.0208. The molecular weight excluding hydrogens is 413 g/mol. The highest BCUT2D eigenvalue weighted by Crippen LogP contribution is 2.67. The van der Waals surface area contributed by atoms with Crippen LogP contribution in [0.2, 0.25) is 0 Å². The molecule has 0 amide bonds. The molecule has 1 saturated heterocycles. The van der Waals surface area contributed by atoms with Crippen molar-refractivity contribution in [2.75, 3.05) is 26.5 Å². The molecule has 0 spiro atoms. The Morgan fingerprint density at radius 1 is 1.03 bits per heavy atom. The largest absolute Gasteiger partial charge is 0.337 e. The Labute approximate surface area is 187 Å². The lowest BCUT2D eigenvalue weighted by Gasteiger charge is -2.43. The van der Waals surface area contributed by atoms with Gasteiger partial charge in [-0.25, -0.2) is 0 Å². The van der Waals surface area contributed by atoms with E-state index < -0.39 is 14.9 Å². The summed E-state index contributed by atoms with van der Waals surface area (Å²) in [5.74, 6) is 1.06. The molecule has 3 rings (SSSR count). The van der Waals surface area contributed by atoms with Gasteiger partial charge < -0.3 is 9.05 Å². The zero-order valence-corrected chi connectivity index (χ0v) is 22.2. The predicted octanol–water partition coefficient (Wildman–Crippen LogP) is 5.62. The molecular formula is C23H47BO4P2. The predicted molar refractivity (Wildman–Crippen MR) is 136 cm³/mol. The summed E-state index contributed by atoms with van der Waals surface area (Å²) in [6.45, 7) is 24.6. The van der Waals surface area contributed by atoms with E-state index in [0.29, 0.717) is 18.4 Å². The molecule has 0 aromatic carbocycles. The second-order valence-electron chi connectivity index (χ2n) is 12.1. The third kappa shape index (κ3) is 4.26. The fraction of sp³-hybridized carbons (Fsp3) is 0.957. The lowest BCUT2D eigenvalue weighted by atomic mass is 9.69. The first-order valence-corrected chi connectivity index (χ1v) is 15.0. The van der Waals surface area contributed by atoms with E-state index in [-0.39, 0.29) is 41.4 Å². The Hall–Kier alpha value is 0.635. The van der Waals surface area contributed by atoms with E-state index in [1.807, 2.05) is 0 Å². The van der Waals surface area contributed by atoms with E-state index in [9.17, 15) is 0 Å². The van der Waals surface area contributed by atoms with Crippen LogP contribution in [0.3, 0.4) is 0 Å². The number of fused-ring (bicyclic) bond motifs is 3. The van der Waals surface area contributed by atoms with E-state index in [1.165, 1.54) is 0 Å². The van der Waals surface area contributed by atoms with Crippen molar-refractivity contribution in [3.63, 3.8) is 0 Å². The topological polar surface area (TPSA) is 36.9 Å². The van der Waals surface area contributed by atoms with Crippen LogP contribution in [0.1, 0.15) is 68.2 Å². The highest BCUT2D eigenvalue weighted by molar-refractivity contribution is 7.89. The summed E-state index contributed by atoms with van der Waals surface area (Å²) in [5, 5.41) is 0. The summed E-state index contributed by atoms with van der Waals surface area (Å²) in [5.41, 5.74) is 0.0812. The molecule has 0 radical (unpaired) electrons. The summed E-state index contributed by atoms with van der Waals surface area (Å²) in [6, 6.07) is 0. The van der Waals surface area contributed by atoms with Crippen LogP contribution < -0.4 is 0 Å². The first-order chi connectivity index (χ1) is 13.4. The van der Waals surface area contributed by atoms with E-state index in [1.54, 1.807) is 0 Å². The lowest BCUT2D eigenvalue weighted by Crippen LogP contribution is -2.41. The highest BCUT2D eigenvalue weighted by atomic mass is 31.2. The van der Waals surface area contributed by atoms with Crippen LogP contribution in [0.4, 0.5) is 0 Å². The van der Waals surface area contributed by atoms with Crippen molar-refractivity contribution in [3.05, 3.63) is 0 Å². The van der Waals surface area contributed by atoms with E-state index >= 15 is 0 Å². The molecule has 176 valence electrons. The number of rotatable bonds is 0. The molecule has 30 heavy (non-hydrogen) atoms. The molecule has 2 bridgehead atoms. The Bertz CT molecular complexity index is 724. The average Bonchev–Trinajstić information content (AvgIpc) is 2.85. The number of hydrogen-bond acceptors (Lipinski definition) is 4. The third-order valence-electron chi connectivity index (χ3n) is 8.73. The van der Waals surface area contributed by atoms with E-state index in [0.717, 1.165) is 19.4 Å². The summed E-state index contributed by atoms with van der Waals surface area (Å²) >= 11 is 0. The maximum Gasteiger partial charge on any atom is 0.191 e. The fourth-order valence-corrected chi connectivity index (χ4v) is 9.12. The van der Waals surface area contributed by atoms with Crippen molar-refractivity contribution >= 4 is 28.8 Å². The van der Waals surface area contributed by atoms with Crippen LogP contribution in [0.15, 0.2) is 0 Å². The standard InChI is InChI=1S/C23H47BO4P2/c1-16-12-23(8)15-25-29(9,10)28-19-20(3,4)17(2)13-22(19,7)14-26-30(11,24)27-18(16)21(23,5)6/h16-19H,9,12-15H2,1-8,10-11,24H3/t16-,17-,18+,19+,22-,23-,29?,30?/m1/s1. The average molecular weight is 460 g/mol. The molecule has 0 aromatic rings. The fourth-order valence-electron chi connectivity index (χ4n) is 6.20. The van der Waals surface area contributed by atoms with E-state index in [2.05, 4.69) is 75.0 Å². The smallest absolute Gasteiger partial charge is 0.191 e. The van der Waals surface area contributed by atoms with Gasteiger partial charge in [-0.1, -0.05) is 61.7 Å². The minimum atomic E-state index is -2.23. The van der Waals surface area contributed by atoms with Gasteiger partial charge in [0.15, 0.2) is 7.57 Å². The van der Waals surface area contributed by atoms with Crippen molar-refractivity contribution in [2.45, 2.75) is 80.4 Å². The molecule has 2 unspecified atom stereocenters. The van der Waals surface area contributed by atoms with Crippen LogP contribution in [0.25, 0.3) is 0 Å². The maximum atomic E-state index is 6.96. The van der Waals surface area contributed by atoms with Gasteiger partial charge in [0.1, 0.15) is 13.4 Å². The normalized spacial score (nSPS) is 54.0. The second kappa shape index (κ2) is 7.58. The molecule has 0 N–H and O–H groups in total.